The van der Waals surface area contributed by atoms with Gasteiger partial charge in [-0.2, -0.15) is 0 Å². The van der Waals surface area contributed by atoms with E-state index in [-0.39, 0.29) is 11.9 Å². The topological polar surface area (TPSA) is 55.4 Å². The van der Waals surface area contributed by atoms with Crippen molar-refractivity contribution in [3.63, 3.8) is 0 Å². The maximum absolute atomic E-state index is 11.9. The molecule has 0 bridgehead atoms. The standard InChI is InChI=1S/C15H13NO3/c1-10(16-15(17)13-7-4-8-18-13)14-9-11-5-2-3-6-12(11)19-14/h2-10H,1H3,(H,16,17)/t10-/m0/s1. The summed E-state index contributed by atoms with van der Waals surface area (Å²) in [5.74, 6) is 0.766. The van der Waals surface area contributed by atoms with Crippen molar-refractivity contribution in [2.24, 2.45) is 0 Å². The Labute approximate surface area is 110 Å². The van der Waals surface area contributed by atoms with Crippen LogP contribution in [0.1, 0.15) is 29.3 Å². The molecule has 19 heavy (non-hydrogen) atoms. The highest BCUT2D eigenvalue weighted by atomic mass is 16.3. The van der Waals surface area contributed by atoms with Crippen LogP contribution in [-0.4, -0.2) is 5.91 Å². The van der Waals surface area contributed by atoms with Crippen molar-refractivity contribution in [3.05, 3.63) is 60.2 Å². The van der Waals surface area contributed by atoms with Gasteiger partial charge < -0.3 is 14.2 Å². The van der Waals surface area contributed by atoms with E-state index in [1.54, 1.807) is 12.1 Å². The van der Waals surface area contributed by atoms with Crippen LogP contribution in [0.4, 0.5) is 0 Å². The number of para-hydroxylation sites is 1. The maximum Gasteiger partial charge on any atom is 0.287 e. The summed E-state index contributed by atoms with van der Waals surface area (Å²) in [6.07, 6.45) is 1.47. The maximum atomic E-state index is 11.9. The number of hydrogen-bond acceptors (Lipinski definition) is 3. The first kappa shape index (κ1) is 11.6. The molecule has 4 nitrogen and oxygen atoms in total. The molecule has 0 aliphatic carbocycles. The number of rotatable bonds is 3. The van der Waals surface area contributed by atoms with Crippen LogP contribution in [0.2, 0.25) is 0 Å². The Morgan fingerprint density at radius 3 is 2.79 bits per heavy atom. The van der Waals surface area contributed by atoms with Gasteiger partial charge in [0.25, 0.3) is 5.91 Å². The van der Waals surface area contributed by atoms with E-state index in [0.29, 0.717) is 5.76 Å². The highest BCUT2D eigenvalue weighted by Gasteiger charge is 2.16. The summed E-state index contributed by atoms with van der Waals surface area (Å²) in [7, 11) is 0. The molecular formula is C15H13NO3. The molecular weight excluding hydrogens is 242 g/mol. The summed E-state index contributed by atoms with van der Waals surface area (Å²) in [4.78, 5) is 11.9. The zero-order valence-corrected chi connectivity index (χ0v) is 10.4. The number of carbonyl (C=O) groups is 1. The average Bonchev–Trinajstić information content (AvgIpc) is 3.07. The van der Waals surface area contributed by atoms with Gasteiger partial charge in [0, 0.05) is 5.39 Å². The van der Waals surface area contributed by atoms with Crippen LogP contribution in [0.3, 0.4) is 0 Å². The van der Waals surface area contributed by atoms with Crippen LogP contribution >= 0.6 is 0 Å². The first-order valence-corrected chi connectivity index (χ1v) is 6.07. The molecule has 96 valence electrons. The smallest absolute Gasteiger partial charge is 0.287 e. The highest BCUT2D eigenvalue weighted by Crippen LogP contribution is 2.23. The van der Waals surface area contributed by atoms with Gasteiger partial charge in [-0.3, -0.25) is 4.79 Å². The molecule has 2 heterocycles. The number of hydrogen-bond donors (Lipinski definition) is 1. The first-order chi connectivity index (χ1) is 9.24. The summed E-state index contributed by atoms with van der Waals surface area (Å²) < 4.78 is 10.8. The van der Waals surface area contributed by atoms with Gasteiger partial charge in [-0.15, -0.1) is 0 Å². The van der Waals surface area contributed by atoms with E-state index >= 15 is 0 Å². The Morgan fingerprint density at radius 1 is 1.21 bits per heavy atom. The van der Waals surface area contributed by atoms with Crippen molar-refractivity contribution < 1.29 is 13.6 Å². The van der Waals surface area contributed by atoms with Gasteiger partial charge in [-0.05, 0) is 31.2 Å². The van der Waals surface area contributed by atoms with Crippen LogP contribution < -0.4 is 5.32 Å². The number of benzene rings is 1. The number of fused-ring (bicyclic) bond motifs is 1. The fourth-order valence-electron chi connectivity index (χ4n) is 1.96. The molecule has 1 aromatic carbocycles. The average molecular weight is 255 g/mol. The van der Waals surface area contributed by atoms with Crippen molar-refractivity contribution >= 4 is 16.9 Å². The van der Waals surface area contributed by atoms with Crippen LogP contribution in [0.5, 0.6) is 0 Å². The monoisotopic (exact) mass is 255 g/mol. The summed E-state index contributed by atoms with van der Waals surface area (Å²) in [5, 5.41) is 3.86. The second-order valence-corrected chi connectivity index (χ2v) is 4.36. The summed E-state index contributed by atoms with van der Waals surface area (Å²) >= 11 is 0. The molecule has 0 aliphatic rings. The minimum absolute atomic E-state index is 0.218. The fourth-order valence-corrected chi connectivity index (χ4v) is 1.96. The lowest BCUT2D eigenvalue weighted by atomic mass is 10.2. The molecule has 0 unspecified atom stereocenters. The second-order valence-electron chi connectivity index (χ2n) is 4.36. The Balaban J connectivity index is 1.80. The minimum Gasteiger partial charge on any atom is -0.459 e. The predicted molar refractivity (Wildman–Crippen MR) is 70.8 cm³/mol. The molecule has 3 aromatic rings. The molecule has 0 saturated heterocycles. The van der Waals surface area contributed by atoms with Crippen LogP contribution in [0.25, 0.3) is 11.0 Å². The third-order valence-corrected chi connectivity index (χ3v) is 2.96. The third kappa shape index (κ3) is 2.25. The predicted octanol–water partition coefficient (Wildman–Crippen LogP) is 3.52. The molecule has 0 aliphatic heterocycles. The molecule has 0 fully saturated rings. The van der Waals surface area contributed by atoms with E-state index in [4.69, 9.17) is 8.83 Å². The van der Waals surface area contributed by atoms with Crippen molar-refractivity contribution in [1.82, 2.24) is 5.32 Å². The van der Waals surface area contributed by atoms with Gasteiger partial charge in [-0.1, -0.05) is 18.2 Å². The SMILES string of the molecule is C[C@H](NC(=O)c1ccco1)c1cc2ccccc2o1. The van der Waals surface area contributed by atoms with Gasteiger partial charge in [0.2, 0.25) is 0 Å². The lowest BCUT2D eigenvalue weighted by Gasteiger charge is -2.09. The Hall–Kier alpha value is -2.49. The Morgan fingerprint density at radius 2 is 2.05 bits per heavy atom. The molecule has 1 N–H and O–H groups in total. The van der Waals surface area contributed by atoms with Gasteiger partial charge in [-0.25, -0.2) is 0 Å². The normalized spacial score (nSPS) is 12.5. The Bertz CT molecular complexity index is 664. The minimum atomic E-state index is -0.252. The van der Waals surface area contributed by atoms with Crippen molar-refractivity contribution in [1.29, 1.82) is 0 Å². The molecule has 1 atom stereocenters. The van der Waals surface area contributed by atoms with E-state index in [0.717, 1.165) is 16.7 Å². The fraction of sp³-hybridized carbons (Fsp3) is 0.133. The lowest BCUT2D eigenvalue weighted by molar-refractivity contribution is 0.0907. The summed E-state index contributed by atoms with van der Waals surface area (Å²) in [5.41, 5.74) is 0.816. The van der Waals surface area contributed by atoms with E-state index < -0.39 is 0 Å². The van der Waals surface area contributed by atoms with Gasteiger partial charge in [0.05, 0.1) is 12.3 Å². The van der Waals surface area contributed by atoms with Crippen molar-refractivity contribution in [3.8, 4) is 0 Å². The van der Waals surface area contributed by atoms with Gasteiger partial charge in [0.1, 0.15) is 11.3 Å². The lowest BCUT2D eigenvalue weighted by Crippen LogP contribution is -2.25. The zero-order chi connectivity index (χ0) is 13.2. The van der Waals surface area contributed by atoms with Gasteiger partial charge in [0.15, 0.2) is 5.76 Å². The van der Waals surface area contributed by atoms with Crippen molar-refractivity contribution in [2.45, 2.75) is 13.0 Å². The quantitative estimate of drug-likeness (QED) is 0.779. The number of carbonyl (C=O) groups excluding carboxylic acids is 1. The van der Waals surface area contributed by atoms with Crippen molar-refractivity contribution in [2.75, 3.05) is 0 Å². The van der Waals surface area contributed by atoms with Crippen LogP contribution in [0.15, 0.2) is 57.6 Å². The molecule has 0 spiro atoms. The summed E-state index contributed by atoms with van der Waals surface area (Å²) in [6.45, 7) is 1.87. The van der Waals surface area contributed by atoms with Gasteiger partial charge >= 0.3 is 0 Å². The molecule has 2 aromatic heterocycles. The highest BCUT2D eigenvalue weighted by molar-refractivity contribution is 5.91. The van der Waals surface area contributed by atoms with E-state index in [1.807, 2.05) is 37.3 Å². The van der Waals surface area contributed by atoms with Crippen LogP contribution in [0, 0.1) is 0 Å². The summed E-state index contributed by atoms with van der Waals surface area (Å²) in [6, 6.07) is 12.8. The number of amides is 1. The van der Waals surface area contributed by atoms with E-state index in [2.05, 4.69) is 5.32 Å². The molecule has 0 saturated carbocycles. The van der Waals surface area contributed by atoms with E-state index in [1.165, 1.54) is 6.26 Å². The first-order valence-electron chi connectivity index (χ1n) is 6.07. The molecule has 1 amide bonds. The number of furan rings is 2. The largest absolute Gasteiger partial charge is 0.459 e. The molecule has 0 radical (unpaired) electrons. The Kier molecular flexibility index (Phi) is 2.83. The molecule has 4 heteroatoms. The molecule has 3 rings (SSSR count). The number of nitrogens with one attached hydrogen (secondary N) is 1. The third-order valence-electron chi connectivity index (χ3n) is 2.96. The zero-order valence-electron chi connectivity index (χ0n) is 10.4. The van der Waals surface area contributed by atoms with E-state index in [9.17, 15) is 4.79 Å². The van der Waals surface area contributed by atoms with Crippen LogP contribution in [-0.2, 0) is 0 Å². The second kappa shape index (κ2) is 4.65.